The van der Waals surface area contributed by atoms with E-state index in [0.717, 1.165) is 24.0 Å². The number of hydrogen-bond acceptors (Lipinski definition) is 2. The molecule has 0 bridgehead atoms. The maximum Gasteiger partial charge on any atom is 0.218 e. The van der Waals surface area contributed by atoms with Gasteiger partial charge in [-0.25, -0.2) is 0 Å². The van der Waals surface area contributed by atoms with E-state index in [1.54, 1.807) is 7.11 Å². The van der Waals surface area contributed by atoms with Crippen LogP contribution in [0.1, 0.15) is 50.5 Å². The number of unbranched alkanes of at least 4 members (excludes halogenated alkanes) is 2. The normalized spacial score (nSPS) is 12.3. The van der Waals surface area contributed by atoms with E-state index in [-0.39, 0.29) is 11.8 Å². The van der Waals surface area contributed by atoms with Gasteiger partial charge in [-0.05, 0) is 40.8 Å². The van der Waals surface area contributed by atoms with Crippen LogP contribution in [0, 0.1) is 0 Å². The number of hydrogen-bond donors (Lipinski definition) is 1. The van der Waals surface area contributed by atoms with Crippen molar-refractivity contribution in [3.05, 3.63) is 42.0 Å². The number of carbonyl (C=O) groups is 1. The van der Waals surface area contributed by atoms with Gasteiger partial charge < -0.3 is 10.5 Å². The lowest BCUT2D eigenvalue weighted by atomic mass is 9.87. The number of methoxy groups -OCH3 is 1. The Labute approximate surface area is 132 Å². The van der Waals surface area contributed by atoms with E-state index < -0.39 is 0 Å². The number of benzene rings is 2. The summed E-state index contributed by atoms with van der Waals surface area (Å²) in [6.45, 7) is 2.19. The number of ether oxygens (including phenoxy) is 1. The van der Waals surface area contributed by atoms with Crippen LogP contribution in [0.25, 0.3) is 10.8 Å². The molecule has 2 rings (SSSR count). The topological polar surface area (TPSA) is 52.3 Å². The molecule has 0 saturated carbocycles. The van der Waals surface area contributed by atoms with Crippen molar-refractivity contribution in [2.45, 2.75) is 44.9 Å². The van der Waals surface area contributed by atoms with Gasteiger partial charge in [0.1, 0.15) is 5.75 Å². The van der Waals surface area contributed by atoms with Gasteiger partial charge in [0.05, 0.1) is 7.11 Å². The third-order valence-corrected chi connectivity index (χ3v) is 4.17. The highest BCUT2D eigenvalue weighted by Crippen LogP contribution is 2.33. The zero-order valence-electron chi connectivity index (χ0n) is 13.5. The van der Waals surface area contributed by atoms with E-state index in [1.165, 1.54) is 23.8 Å². The Morgan fingerprint density at radius 2 is 2.05 bits per heavy atom. The third-order valence-electron chi connectivity index (χ3n) is 4.17. The van der Waals surface area contributed by atoms with Crippen molar-refractivity contribution >= 4 is 16.7 Å². The largest absolute Gasteiger partial charge is 0.497 e. The van der Waals surface area contributed by atoms with E-state index in [2.05, 4.69) is 37.3 Å². The fraction of sp³-hybridized carbons (Fsp3) is 0.421. The van der Waals surface area contributed by atoms with Crippen molar-refractivity contribution in [2.75, 3.05) is 7.11 Å². The number of amides is 1. The summed E-state index contributed by atoms with van der Waals surface area (Å²) in [4.78, 5) is 11.5. The minimum absolute atomic E-state index is 0.180. The van der Waals surface area contributed by atoms with Gasteiger partial charge in [0.2, 0.25) is 5.91 Å². The first-order valence-corrected chi connectivity index (χ1v) is 8.00. The lowest BCUT2D eigenvalue weighted by Gasteiger charge is -2.18. The molecular formula is C19H25NO2. The van der Waals surface area contributed by atoms with E-state index in [9.17, 15) is 4.79 Å². The Morgan fingerprint density at radius 1 is 1.23 bits per heavy atom. The van der Waals surface area contributed by atoms with Gasteiger partial charge in [-0.3, -0.25) is 4.79 Å². The summed E-state index contributed by atoms with van der Waals surface area (Å²) < 4.78 is 5.35. The summed E-state index contributed by atoms with van der Waals surface area (Å²) in [6.07, 6.45) is 4.87. The zero-order chi connectivity index (χ0) is 15.9. The molecule has 3 nitrogen and oxygen atoms in total. The van der Waals surface area contributed by atoms with Crippen molar-refractivity contribution in [2.24, 2.45) is 5.73 Å². The Balaban J connectivity index is 2.40. The van der Waals surface area contributed by atoms with E-state index in [0.29, 0.717) is 6.42 Å². The van der Waals surface area contributed by atoms with Crippen LogP contribution in [0.4, 0.5) is 0 Å². The number of nitrogens with two attached hydrogens (primary N) is 1. The monoisotopic (exact) mass is 299 g/mol. The van der Waals surface area contributed by atoms with Crippen LogP contribution in [0.5, 0.6) is 5.75 Å². The molecule has 2 aromatic carbocycles. The second kappa shape index (κ2) is 7.83. The molecule has 0 aliphatic rings. The molecule has 3 heteroatoms. The van der Waals surface area contributed by atoms with E-state index >= 15 is 0 Å². The molecule has 0 aliphatic carbocycles. The lowest BCUT2D eigenvalue weighted by Crippen LogP contribution is -2.15. The van der Waals surface area contributed by atoms with Crippen LogP contribution >= 0.6 is 0 Å². The summed E-state index contributed by atoms with van der Waals surface area (Å²) in [7, 11) is 1.67. The molecule has 1 atom stereocenters. The molecular weight excluding hydrogens is 274 g/mol. The van der Waals surface area contributed by atoms with Crippen LogP contribution in [-0.2, 0) is 4.79 Å². The van der Waals surface area contributed by atoms with Crippen molar-refractivity contribution in [3.8, 4) is 5.75 Å². The number of primary amides is 1. The molecule has 22 heavy (non-hydrogen) atoms. The second-order valence-electron chi connectivity index (χ2n) is 5.80. The lowest BCUT2D eigenvalue weighted by molar-refractivity contribution is -0.118. The van der Waals surface area contributed by atoms with Crippen molar-refractivity contribution in [1.82, 2.24) is 0 Å². The number of rotatable bonds is 8. The average Bonchev–Trinajstić information content (AvgIpc) is 2.52. The fourth-order valence-electron chi connectivity index (χ4n) is 3.01. The Hall–Kier alpha value is -2.03. The fourth-order valence-corrected chi connectivity index (χ4v) is 3.01. The second-order valence-corrected chi connectivity index (χ2v) is 5.80. The minimum atomic E-state index is -0.235. The van der Waals surface area contributed by atoms with Crippen molar-refractivity contribution < 1.29 is 9.53 Å². The predicted molar refractivity (Wildman–Crippen MR) is 91.2 cm³/mol. The van der Waals surface area contributed by atoms with Gasteiger partial charge in [0.25, 0.3) is 0 Å². The highest BCUT2D eigenvalue weighted by Gasteiger charge is 2.17. The molecule has 0 heterocycles. The molecule has 2 aromatic rings. The quantitative estimate of drug-likeness (QED) is 0.735. The first kappa shape index (κ1) is 16.3. The average molecular weight is 299 g/mol. The maximum absolute atomic E-state index is 11.5. The summed E-state index contributed by atoms with van der Waals surface area (Å²) in [5, 5.41) is 2.33. The summed E-state index contributed by atoms with van der Waals surface area (Å²) in [5.74, 6) is 0.785. The molecule has 0 aliphatic heterocycles. The smallest absolute Gasteiger partial charge is 0.218 e. The van der Waals surface area contributed by atoms with E-state index in [4.69, 9.17) is 10.5 Å². The zero-order valence-corrected chi connectivity index (χ0v) is 13.5. The number of carbonyl (C=O) groups excluding carboxylic acids is 1. The van der Waals surface area contributed by atoms with Gasteiger partial charge in [-0.2, -0.15) is 0 Å². The third kappa shape index (κ3) is 4.00. The van der Waals surface area contributed by atoms with Crippen LogP contribution in [-0.4, -0.2) is 13.0 Å². The molecule has 1 amide bonds. The molecule has 2 N–H and O–H groups in total. The molecule has 0 saturated heterocycles. The van der Waals surface area contributed by atoms with Crippen LogP contribution in [0.2, 0.25) is 0 Å². The van der Waals surface area contributed by atoms with Gasteiger partial charge in [-0.1, -0.05) is 50.5 Å². The van der Waals surface area contributed by atoms with Crippen molar-refractivity contribution in [1.29, 1.82) is 0 Å². The SMILES string of the molecule is CCCCCC(CC(N)=O)c1cccc2ccc(OC)cc12. The van der Waals surface area contributed by atoms with Crippen molar-refractivity contribution in [3.63, 3.8) is 0 Å². The highest BCUT2D eigenvalue weighted by atomic mass is 16.5. The molecule has 0 radical (unpaired) electrons. The predicted octanol–water partition coefficient (Wildman–Crippen LogP) is 4.39. The molecule has 0 fully saturated rings. The van der Waals surface area contributed by atoms with E-state index in [1.807, 2.05) is 6.07 Å². The first-order valence-electron chi connectivity index (χ1n) is 8.00. The summed E-state index contributed by atoms with van der Waals surface area (Å²) in [5.41, 5.74) is 6.67. The first-order chi connectivity index (χ1) is 10.7. The highest BCUT2D eigenvalue weighted by molar-refractivity contribution is 5.88. The standard InChI is InChI=1S/C19H25NO2/c1-3-4-5-7-15(12-19(20)21)17-9-6-8-14-10-11-16(22-2)13-18(14)17/h6,8-11,13,15H,3-5,7,12H2,1-2H3,(H2,20,21). The van der Waals surface area contributed by atoms with Crippen LogP contribution < -0.4 is 10.5 Å². The molecule has 1 unspecified atom stereocenters. The van der Waals surface area contributed by atoms with Gasteiger partial charge >= 0.3 is 0 Å². The molecule has 0 spiro atoms. The number of fused-ring (bicyclic) bond motifs is 1. The minimum Gasteiger partial charge on any atom is -0.497 e. The Bertz CT molecular complexity index is 636. The summed E-state index contributed by atoms with van der Waals surface area (Å²) in [6, 6.07) is 12.3. The molecule has 0 aromatic heterocycles. The van der Waals surface area contributed by atoms with Crippen LogP contribution in [0.3, 0.4) is 0 Å². The Morgan fingerprint density at radius 3 is 2.73 bits per heavy atom. The van der Waals surface area contributed by atoms with Gasteiger partial charge in [-0.15, -0.1) is 0 Å². The Kier molecular flexibility index (Phi) is 5.82. The summed E-state index contributed by atoms with van der Waals surface area (Å²) >= 11 is 0. The van der Waals surface area contributed by atoms with Gasteiger partial charge in [0, 0.05) is 6.42 Å². The maximum atomic E-state index is 11.5. The van der Waals surface area contributed by atoms with Crippen LogP contribution in [0.15, 0.2) is 36.4 Å². The molecule has 118 valence electrons. The van der Waals surface area contributed by atoms with Gasteiger partial charge in [0.15, 0.2) is 0 Å².